The number of hydrogen-bond acceptors (Lipinski definition) is 5. The monoisotopic (exact) mass is 361 g/mol. The van der Waals surface area contributed by atoms with Crippen LogP contribution in [0.3, 0.4) is 0 Å². The third kappa shape index (κ3) is 8.31. The van der Waals surface area contributed by atoms with Gasteiger partial charge < -0.3 is 15.1 Å². The van der Waals surface area contributed by atoms with E-state index in [9.17, 15) is 9.59 Å². The van der Waals surface area contributed by atoms with Crippen LogP contribution in [0.2, 0.25) is 0 Å². The Balaban J connectivity index is 2.30. The van der Waals surface area contributed by atoms with Crippen LogP contribution in [-0.2, 0) is 9.59 Å². The SMILES string of the molecule is CC(CCCN1CC(=O)N(CCCNC(C)(C)C)CC1=O)SS. The van der Waals surface area contributed by atoms with E-state index in [4.69, 9.17) is 0 Å². The molecule has 1 saturated heterocycles. The van der Waals surface area contributed by atoms with Gasteiger partial charge in [-0.15, -0.1) is 11.7 Å². The van der Waals surface area contributed by atoms with Crippen LogP contribution in [0, 0.1) is 0 Å². The molecule has 1 fully saturated rings. The molecule has 0 aromatic heterocycles. The van der Waals surface area contributed by atoms with Crippen molar-refractivity contribution < 1.29 is 9.59 Å². The molecule has 0 aromatic rings. The molecule has 2 amide bonds. The lowest BCUT2D eigenvalue weighted by molar-refractivity contribution is -0.150. The number of carbonyl (C=O) groups excluding carboxylic acids is 2. The quantitative estimate of drug-likeness (QED) is 0.375. The topological polar surface area (TPSA) is 52.7 Å². The van der Waals surface area contributed by atoms with Crippen LogP contribution in [0.25, 0.3) is 0 Å². The zero-order chi connectivity index (χ0) is 17.5. The molecule has 0 bridgehead atoms. The van der Waals surface area contributed by atoms with Gasteiger partial charge in [-0.2, -0.15) is 0 Å². The van der Waals surface area contributed by atoms with E-state index in [1.807, 2.05) is 0 Å². The summed E-state index contributed by atoms with van der Waals surface area (Å²) < 4.78 is 0. The van der Waals surface area contributed by atoms with Crippen molar-refractivity contribution in [2.45, 2.75) is 57.7 Å². The summed E-state index contributed by atoms with van der Waals surface area (Å²) in [5.74, 6) is 0.136. The Morgan fingerprint density at radius 3 is 2.13 bits per heavy atom. The molecule has 0 spiro atoms. The first-order valence-electron chi connectivity index (χ1n) is 8.33. The highest BCUT2D eigenvalue weighted by molar-refractivity contribution is 8.68. The molecule has 1 heterocycles. The van der Waals surface area contributed by atoms with Crippen LogP contribution in [0.4, 0.5) is 0 Å². The molecule has 1 rings (SSSR count). The normalized spacial score (nSPS) is 17.8. The van der Waals surface area contributed by atoms with Gasteiger partial charge in [-0.3, -0.25) is 9.59 Å². The molecule has 1 unspecified atom stereocenters. The fraction of sp³-hybridized carbons (Fsp3) is 0.875. The summed E-state index contributed by atoms with van der Waals surface area (Å²) in [6, 6.07) is 0. The van der Waals surface area contributed by atoms with Crippen molar-refractivity contribution in [1.29, 1.82) is 0 Å². The molecular weight excluding hydrogens is 330 g/mol. The van der Waals surface area contributed by atoms with Gasteiger partial charge in [0.25, 0.3) is 0 Å². The van der Waals surface area contributed by atoms with Crippen molar-refractivity contribution in [2.24, 2.45) is 0 Å². The van der Waals surface area contributed by atoms with Gasteiger partial charge in [0.2, 0.25) is 11.8 Å². The Kier molecular flexibility index (Phi) is 8.79. The number of carbonyl (C=O) groups is 2. The molecule has 1 aliphatic rings. The van der Waals surface area contributed by atoms with Crippen molar-refractivity contribution in [3.8, 4) is 0 Å². The average molecular weight is 362 g/mol. The fourth-order valence-corrected chi connectivity index (χ4v) is 3.05. The summed E-state index contributed by atoms with van der Waals surface area (Å²) >= 11 is 4.19. The zero-order valence-corrected chi connectivity index (χ0v) is 16.5. The second kappa shape index (κ2) is 9.79. The van der Waals surface area contributed by atoms with Crippen molar-refractivity contribution in [3.63, 3.8) is 0 Å². The first-order valence-corrected chi connectivity index (χ1v) is 10.3. The minimum absolute atomic E-state index is 0.0666. The molecule has 0 aromatic carbocycles. The van der Waals surface area contributed by atoms with E-state index in [0.29, 0.717) is 18.3 Å². The maximum Gasteiger partial charge on any atom is 0.242 e. The van der Waals surface area contributed by atoms with Crippen LogP contribution in [0.1, 0.15) is 47.0 Å². The molecule has 1 aliphatic heterocycles. The minimum Gasteiger partial charge on any atom is -0.332 e. The van der Waals surface area contributed by atoms with Crippen LogP contribution < -0.4 is 5.32 Å². The maximum absolute atomic E-state index is 12.2. The molecule has 7 heteroatoms. The summed E-state index contributed by atoms with van der Waals surface area (Å²) in [5.41, 5.74) is 0.0843. The first-order chi connectivity index (χ1) is 10.7. The molecule has 0 aliphatic carbocycles. The van der Waals surface area contributed by atoms with Crippen LogP contribution in [0.15, 0.2) is 0 Å². The second-order valence-electron chi connectivity index (χ2n) is 7.22. The van der Waals surface area contributed by atoms with Gasteiger partial charge in [0.05, 0.1) is 13.1 Å². The smallest absolute Gasteiger partial charge is 0.242 e. The summed E-state index contributed by atoms with van der Waals surface area (Å²) in [4.78, 5) is 27.8. The fourth-order valence-electron chi connectivity index (χ4n) is 2.47. The van der Waals surface area contributed by atoms with E-state index in [0.717, 1.165) is 25.8 Å². The Hall–Kier alpha value is -0.400. The number of amides is 2. The van der Waals surface area contributed by atoms with E-state index in [1.54, 1.807) is 9.80 Å². The maximum atomic E-state index is 12.2. The van der Waals surface area contributed by atoms with Gasteiger partial charge in [0.15, 0.2) is 0 Å². The number of nitrogens with zero attached hydrogens (tertiary/aromatic N) is 2. The Morgan fingerprint density at radius 1 is 1.13 bits per heavy atom. The lowest BCUT2D eigenvalue weighted by Gasteiger charge is -2.34. The van der Waals surface area contributed by atoms with E-state index < -0.39 is 0 Å². The molecule has 134 valence electrons. The number of piperazine rings is 1. The molecule has 0 saturated carbocycles. The Bertz CT molecular complexity index is 399. The number of thiol groups is 1. The largest absolute Gasteiger partial charge is 0.332 e. The highest BCUT2D eigenvalue weighted by Gasteiger charge is 2.29. The van der Waals surface area contributed by atoms with Gasteiger partial charge in [0, 0.05) is 23.9 Å². The first kappa shape index (κ1) is 20.6. The lowest BCUT2D eigenvalue weighted by atomic mass is 10.1. The van der Waals surface area contributed by atoms with Gasteiger partial charge in [-0.25, -0.2) is 0 Å². The standard InChI is InChI=1S/C16H31N3O2S2/c1-13(23-22)7-5-9-18-11-15(21)19(12-14(18)20)10-6-8-17-16(2,3)4/h13,17,22H,5-12H2,1-4H3. The van der Waals surface area contributed by atoms with E-state index in [1.165, 1.54) is 10.8 Å². The van der Waals surface area contributed by atoms with Gasteiger partial charge in [0.1, 0.15) is 0 Å². The van der Waals surface area contributed by atoms with Crippen LogP contribution >= 0.6 is 22.5 Å². The summed E-state index contributed by atoms with van der Waals surface area (Å²) in [5, 5.41) is 3.87. The predicted molar refractivity (Wildman–Crippen MR) is 101 cm³/mol. The van der Waals surface area contributed by atoms with E-state index in [2.05, 4.69) is 44.7 Å². The minimum atomic E-state index is 0.0666. The molecule has 1 N–H and O–H groups in total. The van der Waals surface area contributed by atoms with Gasteiger partial charge >= 0.3 is 0 Å². The molecule has 1 atom stereocenters. The van der Waals surface area contributed by atoms with Gasteiger partial charge in [-0.05, 0) is 46.6 Å². The molecule has 0 radical (unpaired) electrons. The third-order valence-electron chi connectivity index (χ3n) is 3.84. The predicted octanol–water partition coefficient (Wildman–Crippen LogP) is 2.18. The van der Waals surface area contributed by atoms with E-state index >= 15 is 0 Å². The van der Waals surface area contributed by atoms with Gasteiger partial charge in [-0.1, -0.05) is 17.7 Å². The average Bonchev–Trinajstić information content (AvgIpc) is 2.46. The molecule has 23 heavy (non-hydrogen) atoms. The van der Waals surface area contributed by atoms with Crippen molar-refractivity contribution >= 4 is 34.3 Å². The Morgan fingerprint density at radius 2 is 1.65 bits per heavy atom. The number of hydrogen-bond donors (Lipinski definition) is 2. The highest BCUT2D eigenvalue weighted by atomic mass is 33.1. The van der Waals surface area contributed by atoms with Crippen LogP contribution in [0.5, 0.6) is 0 Å². The van der Waals surface area contributed by atoms with Crippen molar-refractivity contribution in [3.05, 3.63) is 0 Å². The molecular formula is C16H31N3O2S2. The van der Waals surface area contributed by atoms with E-state index in [-0.39, 0.29) is 30.4 Å². The zero-order valence-electron chi connectivity index (χ0n) is 14.8. The second-order valence-corrected chi connectivity index (χ2v) is 8.87. The summed E-state index contributed by atoms with van der Waals surface area (Å²) in [6.07, 6.45) is 2.80. The number of rotatable bonds is 9. The molecule has 5 nitrogen and oxygen atoms in total. The van der Waals surface area contributed by atoms with Crippen molar-refractivity contribution in [1.82, 2.24) is 15.1 Å². The van der Waals surface area contributed by atoms with Crippen molar-refractivity contribution in [2.75, 3.05) is 32.7 Å². The summed E-state index contributed by atoms with van der Waals surface area (Å²) in [6.45, 7) is 11.1. The van der Waals surface area contributed by atoms with Crippen LogP contribution in [-0.4, -0.2) is 65.1 Å². The lowest BCUT2D eigenvalue weighted by Crippen LogP contribution is -2.54. The highest BCUT2D eigenvalue weighted by Crippen LogP contribution is 2.19. The number of nitrogens with one attached hydrogen (secondary N) is 1. The third-order valence-corrected chi connectivity index (χ3v) is 5.51. The summed E-state index contributed by atoms with van der Waals surface area (Å²) in [7, 11) is 1.54. The Labute approximate surface area is 149 Å².